The second-order valence-corrected chi connectivity index (χ2v) is 5.97. The average Bonchev–Trinajstić information content (AvgIpc) is 2.51. The van der Waals surface area contributed by atoms with E-state index in [4.69, 9.17) is 0 Å². The van der Waals surface area contributed by atoms with Crippen LogP contribution < -0.4 is 10.9 Å². The Morgan fingerprint density at radius 3 is 2.57 bits per heavy atom. The Labute approximate surface area is 136 Å². The highest BCUT2D eigenvalue weighted by Gasteiger charge is 2.10. The molecule has 1 amide bonds. The van der Waals surface area contributed by atoms with Crippen molar-refractivity contribution in [3.63, 3.8) is 0 Å². The number of amides is 1. The Morgan fingerprint density at radius 1 is 1.26 bits per heavy atom. The van der Waals surface area contributed by atoms with E-state index in [2.05, 4.69) is 53.4 Å². The fraction of sp³-hybridized carbons (Fsp3) is 0.389. The number of rotatable bonds is 6. The summed E-state index contributed by atoms with van der Waals surface area (Å²) < 4.78 is 0. The summed E-state index contributed by atoms with van der Waals surface area (Å²) in [6.07, 6.45) is 3.03. The summed E-state index contributed by atoms with van der Waals surface area (Å²) >= 11 is 0. The molecule has 5 nitrogen and oxygen atoms in total. The first-order valence-corrected chi connectivity index (χ1v) is 7.90. The predicted octanol–water partition coefficient (Wildman–Crippen LogP) is 2.56. The Balaban J connectivity index is 1.80. The van der Waals surface area contributed by atoms with Crippen LogP contribution in [0.4, 0.5) is 0 Å². The molecule has 0 fully saturated rings. The van der Waals surface area contributed by atoms with Crippen LogP contribution in [0, 0.1) is 6.92 Å². The minimum Gasteiger partial charge on any atom is -0.352 e. The molecule has 2 aromatic rings. The number of aryl methyl sites for hydroxylation is 2. The summed E-state index contributed by atoms with van der Waals surface area (Å²) in [5.74, 6) is 0.648. The van der Waals surface area contributed by atoms with E-state index >= 15 is 0 Å². The van der Waals surface area contributed by atoms with E-state index < -0.39 is 5.56 Å². The van der Waals surface area contributed by atoms with E-state index in [0.717, 1.165) is 12.8 Å². The van der Waals surface area contributed by atoms with Crippen molar-refractivity contribution in [3.05, 3.63) is 63.3 Å². The van der Waals surface area contributed by atoms with Gasteiger partial charge in [-0.1, -0.05) is 38.1 Å². The summed E-state index contributed by atoms with van der Waals surface area (Å²) in [5, 5.41) is 2.76. The number of nitrogens with zero attached hydrogens (tertiary/aromatic N) is 1. The molecular formula is C18H23N3O2. The number of carbonyl (C=O) groups is 1. The zero-order valence-corrected chi connectivity index (χ0v) is 13.8. The van der Waals surface area contributed by atoms with Crippen molar-refractivity contribution in [1.29, 1.82) is 0 Å². The Morgan fingerprint density at radius 2 is 1.96 bits per heavy atom. The molecule has 2 N–H and O–H groups in total. The molecular weight excluding hydrogens is 290 g/mol. The normalized spacial score (nSPS) is 10.8. The molecule has 5 heteroatoms. The lowest BCUT2D eigenvalue weighted by molar-refractivity contribution is 0.0951. The summed E-state index contributed by atoms with van der Waals surface area (Å²) in [7, 11) is 0. The highest BCUT2D eigenvalue weighted by Crippen LogP contribution is 2.15. The third-order valence-electron chi connectivity index (χ3n) is 3.75. The van der Waals surface area contributed by atoms with Gasteiger partial charge < -0.3 is 10.3 Å². The molecule has 0 radical (unpaired) electrons. The van der Waals surface area contributed by atoms with Gasteiger partial charge in [-0.2, -0.15) is 0 Å². The van der Waals surface area contributed by atoms with Gasteiger partial charge in [-0.25, -0.2) is 4.98 Å². The molecule has 0 bridgehead atoms. The van der Waals surface area contributed by atoms with Crippen molar-refractivity contribution < 1.29 is 4.79 Å². The highest BCUT2D eigenvalue weighted by molar-refractivity contribution is 5.93. The third kappa shape index (κ3) is 4.77. The van der Waals surface area contributed by atoms with Gasteiger partial charge in [0.2, 0.25) is 0 Å². The smallest absolute Gasteiger partial charge is 0.263 e. The minimum atomic E-state index is -0.403. The number of aromatic amines is 1. The molecule has 0 aliphatic heterocycles. The lowest BCUT2D eigenvalue weighted by Crippen LogP contribution is -2.31. The molecule has 1 aromatic carbocycles. The van der Waals surface area contributed by atoms with Gasteiger partial charge >= 0.3 is 0 Å². The van der Waals surface area contributed by atoms with E-state index in [1.165, 1.54) is 17.3 Å². The number of benzene rings is 1. The van der Waals surface area contributed by atoms with Crippen LogP contribution >= 0.6 is 0 Å². The number of hydrogen-bond acceptors (Lipinski definition) is 3. The summed E-state index contributed by atoms with van der Waals surface area (Å²) in [4.78, 5) is 30.1. The number of aromatic nitrogens is 2. The molecule has 0 saturated heterocycles. The second kappa shape index (κ2) is 7.72. The van der Waals surface area contributed by atoms with Crippen molar-refractivity contribution >= 4 is 5.91 Å². The maximum Gasteiger partial charge on any atom is 0.263 e. The summed E-state index contributed by atoms with van der Waals surface area (Å²) in [6.45, 7) is 6.55. The number of hydrogen-bond donors (Lipinski definition) is 2. The van der Waals surface area contributed by atoms with Crippen molar-refractivity contribution in [1.82, 2.24) is 15.3 Å². The Hall–Kier alpha value is -2.43. The van der Waals surface area contributed by atoms with E-state index in [1.54, 1.807) is 6.92 Å². The molecule has 1 aromatic heterocycles. The van der Waals surface area contributed by atoms with Crippen LogP contribution in [0.25, 0.3) is 0 Å². The van der Waals surface area contributed by atoms with E-state index in [1.807, 2.05) is 0 Å². The zero-order chi connectivity index (χ0) is 16.8. The molecule has 0 saturated carbocycles. The van der Waals surface area contributed by atoms with Crippen molar-refractivity contribution in [2.45, 2.75) is 39.5 Å². The molecule has 122 valence electrons. The Kier molecular flexibility index (Phi) is 5.68. The summed E-state index contributed by atoms with van der Waals surface area (Å²) in [6, 6.07) is 8.56. The Bertz CT molecular complexity index is 718. The molecule has 23 heavy (non-hydrogen) atoms. The van der Waals surface area contributed by atoms with Gasteiger partial charge in [0.15, 0.2) is 0 Å². The zero-order valence-electron chi connectivity index (χ0n) is 13.8. The van der Waals surface area contributed by atoms with Crippen LogP contribution in [0.15, 0.2) is 35.3 Å². The molecule has 2 rings (SSSR count). The van der Waals surface area contributed by atoms with Crippen LogP contribution in [0.1, 0.15) is 53.5 Å². The van der Waals surface area contributed by atoms with E-state index in [0.29, 0.717) is 18.3 Å². The molecule has 0 atom stereocenters. The molecule has 0 spiro atoms. The largest absolute Gasteiger partial charge is 0.352 e. The molecule has 0 aliphatic rings. The quantitative estimate of drug-likeness (QED) is 0.805. The monoisotopic (exact) mass is 313 g/mol. The maximum absolute atomic E-state index is 11.9. The van der Waals surface area contributed by atoms with Crippen LogP contribution in [0.3, 0.4) is 0 Å². The topological polar surface area (TPSA) is 74.8 Å². The minimum absolute atomic E-state index is 0.0527. The van der Waals surface area contributed by atoms with Crippen LogP contribution in [-0.2, 0) is 6.42 Å². The first-order chi connectivity index (χ1) is 11.0. The van der Waals surface area contributed by atoms with Gasteiger partial charge in [0.1, 0.15) is 11.4 Å². The predicted molar refractivity (Wildman–Crippen MR) is 90.8 cm³/mol. The van der Waals surface area contributed by atoms with Crippen LogP contribution in [0.2, 0.25) is 0 Å². The average molecular weight is 313 g/mol. The lowest BCUT2D eigenvalue weighted by atomic mass is 10.0. The van der Waals surface area contributed by atoms with Crippen LogP contribution in [-0.4, -0.2) is 22.4 Å². The van der Waals surface area contributed by atoms with E-state index in [-0.39, 0.29) is 11.5 Å². The molecule has 0 aliphatic carbocycles. The van der Waals surface area contributed by atoms with Crippen molar-refractivity contribution in [2.75, 3.05) is 6.54 Å². The van der Waals surface area contributed by atoms with Crippen molar-refractivity contribution in [3.8, 4) is 0 Å². The van der Waals surface area contributed by atoms with Gasteiger partial charge in [-0.3, -0.25) is 9.59 Å². The summed E-state index contributed by atoms with van der Waals surface area (Å²) in [5.41, 5.74) is 2.22. The van der Waals surface area contributed by atoms with Gasteiger partial charge in [0.25, 0.3) is 11.5 Å². The maximum atomic E-state index is 11.9. The van der Waals surface area contributed by atoms with Crippen LogP contribution in [0.5, 0.6) is 0 Å². The van der Waals surface area contributed by atoms with Crippen molar-refractivity contribution in [2.24, 2.45) is 0 Å². The fourth-order valence-electron chi connectivity index (χ4n) is 2.30. The third-order valence-corrected chi connectivity index (χ3v) is 3.75. The highest BCUT2D eigenvalue weighted by atomic mass is 16.2. The lowest BCUT2D eigenvalue weighted by Gasteiger charge is -2.07. The van der Waals surface area contributed by atoms with Gasteiger partial charge in [-0.05, 0) is 36.8 Å². The molecule has 0 unspecified atom stereocenters. The first kappa shape index (κ1) is 16.9. The standard InChI is InChI=1S/C18H23N3O2/c1-12(2)15-8-6-14(7-9-15)5-4-10-19-17(22)16-11-20-13(3)21-18(16)23/h6-9,11-12H,4-5,10H2,1-3H3,(H,19,22)(H,20,21,23). The number of carbonyl (C=O) groups excluding carboxylic acids is 1. The second-order valence-electron chi connectivity index (χ2n) is 5.97. The van der Waals surface area contributed by atoms with E-state index in [9.17, 15) is 9.59 Å². The van der Waals surface area contributed by atoms with Gasteiger partial charge in [0.05, 0.1) is 0 Å². The fourth-order valence-corrected chi connectivity index (χ4v) is 2.30. The SMILES string of the molecule is Cc1ncc(C(=O)NCCCc2ccc(C(C)C)cc2)c(=O)[nH]1. The van der Waals surface area contributed by atoms with Gasteiger partial charge in [-0.15, -0.1) is 0 Å². The number of nitrogens with one attached hydrogen (secondary N) is 2. The number of H-pyrrole nitrogens is 1. The first-order valence-electron chi connectivity index (χ1n) is 7.90. The van der Waals surface area contributed by atoms with Gasteiger partial charge in [0, 0.05) is 12.7 Å². The molecule has 1 heterocycles.